The number of fused-ring (bicyclic) bond motifs is 2. The van der Waals surface area contributed by atoms with Crippen molar-refractivity contribution in [3.8, 4) is 40.6 Å². The summed E-state index contributed by atoms with van der Waals surface area (Å²) in [5.41, 5.74) is 0.714. The molecule has 1 aromatic carbocycles. The predicted octanol–water partition coefficient (Wildman–Crippen LogP) is 3.66. The number of imidazole rings is 2. The van der Waals surface area contributed by atoms with E-state index in [9.17, 15) is 26.0 Å². The molecule has 10 nitrogen and oxygen atoms in total. The number of ether oxygens (including phenoxy) is 2. The Morgan fingerprint density at radius 2 is 1.65 bits per heavy atom. The SMILES string of the molecule is CCS(=O)(=O)c1c(-c2nc3cc4c(cc3n2C)OC(F)(F)C(F)(F)O4)nc(-c2ccc(C#N)cn2)n1C. The molecular formula is C22H16F4N6O4S. The van der Waals surface area contributed by atoms with Crippen LogP contribution in [0.2, 0.25) is 0 Å². The molecule has 0 aliphatic carbocycles. The van der Waals surface area contributed by atoms with Crippen molar-refractivity contribution < 1.29 is 35.5 Å². The van der Waals surface area contributed by atoms with Crippen molar-refractivity contribution in [3.05, 3.63) is 36.0 Å². The molecule has 0 fully saturated rings. The molecule has 0 N–H and O–H groups in total. The van der Waals surface area contributed by atoms with Gasteiger partial charge < -0.3 is 18.6 Å². The van der Waals surface area contributed by atoms with E-state index in [-0.39, 0.29) is 44.8 Å². The van der Waals surface area contributed by atoms with Gasteiger partial charge in [-0.05, 0) is 12.1 Å². The lowest BCUT2D eigenvalue weighted by Crippen LogP contribution is -2.52. The van der Waals surface area contributed by atoms with Crippen molar-refractivity contribution in [1.82, 2.24) is 24.1 Å². The number of pyridine rings is 1. The van der Waals surface area contributed by atoms with Gasteiger partial charge in [0.05, 0.1) is 22.3 Å². The van der Waals surface area contributed by atoms with Crippen LogP contribution in [0.3, 0.4) is 0 Å². The second-order valence-corrected chi connectivity index (χ2v) is 10.3. The van der Waals surface area contributed by atoms with Crippen LogP contribution in [0.1, 0.15) is 12.5 Å². The number of rotatable bonds is 4. The first-order valence-corrected chi connectivity index (χ1v) is 12.3. The van der Waals surface area contributed by atoms with Crippen molar-refractivity contribution in [2.24, 2.45) is 14.1 Å². The molecule has 1 aliphatic rings. The average Bonchev–Trinajstić information content (AvgIpc) is 3.35. The highest BCUT2D eigenvalue weighted by atomic mass is 32.2. The van der Waals surface area contributed by atoms with Crippen molar-refractivity contribution in [3.63, 3.8) is 0 Å². The van der Waals surface area contributed by atoms with Crippen LogP contribution in [0.5, 0.6) is 11.5 Å². The van der Waals surface area contributed by atoms with E-state index in [2.05, 4.69) is 24.4 Å². The molecule has 4 heterocycles. The normalized spacial score (nSPS) is 16.1. The van der Waals surface area contributed by atoms with Crippen LogP contribution in [0.15, 0.2) is 35.5 Å². The van der Waals surface area contributed by atoms with Crippen molar-refractivity contribution >= 4 is 20.9 Å². The number of aryl methyl sites for hydroxylation is 1. The zero-order valence-electron chi connectivity index (χ0n) is 19.3. The van der Waals surface area contributed by atoms with Crippen molar-refractivity contribution in [1.29, 1.82) is 5.26 Å². The van der Waals surface area contributed by atoms with Crippen LogP contribution < -0.4 is 9.47 Å². The quantitative estimate of drug-likeness (QED) is 0.362. The molecule has 0 unspecified atom stereocenters. The first-order valence-electron chi connectivity index (χ1n) is 10.6. The second kappa shape index (κ2) is 7.90. The van der Waals surface area contributed by atoms with E-state index in [1.165, 1.54) is 48.5 Å². The fourth-order valence-corrected chi connectivity index (χ4v) is 5.12. The molecule has 1 aliphatic heterocycles. The van der Waals surface area contributed by atoms with E-state index < -0.39 is 33.6 Å². The molecule has 0 atom stereocenters. The Morgan fingerprint density at radius 1 is 1.00 bits per heavy atom. The molecule has 0 saturated carbocycles. The van der Waals surface area contributed by atoms with E-state index in [4.69, 9.17) is 5.26 Å². The van der Waals surface area contributed by atoms with E-state index in [1.807, 2.05) is 6.07 Å². The van der Waals surface area contributed by atoms with Gasteiger partial charge in [-0.3, -0.25) is 4.98 Å². The van der Waals surface area contributed by atoms with Crippen molar-refractivity contribution in [2.45, 2.75) is 24.2 Å². The highest BCUT2D eigenvalue weighted by molar-refractivity contribution is 7.91. The summed E-state index contributed by atoms with van der Waals surface area (Å²) in [6, 6.07) is 6.98. The van der Waals surface area contributed by atoms with Crippen LogP contribution in [0.25, 0.3) is 34.1 Å². The summed E-state index contributed by atoms with van der Waals surface area (Å²) >= 11 is 0. The summed E-state index contributed by atoms with van der Waals surface area (Å²) < 4.78 is 91.9. The first-order chi connectivity index (χ1) is 17.3. The minimum Gasteiger partial charge on any atom is -0.421 e. The average molecular weight is 536 g/mol. The molecule has 0 spiro atoms. The van der Waals surface area contributed by atoms with E-state index in [0.29, 0.717) is 5.56 Å². The summed E-state index contributed by atoms with van der Waals surface area (Å²) in [7, 11) is -0.939. The lowest BCUT2D eigenvalue weighted by atomic mass is 10.2. The van der Waals surface area contributed by atoms with Gasteiger partial charge in [0.15, 0.2) is 38.0 Å². The van der Waals surface area contributed by atoms with Gasteiger partial charge in [-0.25, -0.2) is 18.4 Å². The van der Waals surface area contributed by atoms with E-state index >= 15 is 0 Å². The zero-order chi connectivity index (χ0) is 26.9. The van der Waals surface area contributed by atoms with Gasteiger partial charge >= 0.3 is 12.2 Å². The standard InChI is InChI=1S/C22H16F4N6O4S/c1-4-37(33,34)20-17(30-18(32(20)3)12-6-5-11(9-27)10-28-12)19-29-13-7-15-16(8-14(13)31(19)2)36-22(25,26)21(23,24)35-15/h5-8,10H,4H2,1-3H3. The van der Waals surface area contributed by atoms with Gasteiger partial charge in [-0.1, -0.05) is 6.92 Å². The van der Waals surface area contributed by atoms with E-state index in [1.54, 1.807) is 0 Å². The third-order valence-corrected chi connectivity index (χ3v) is 7.63. The Kier molecular flexibility index (Phi) is 5.23. The molecule has 5 rings (SSSR count). The summed E-state index contributed by atoms with van der Waals surface area (Å²) in [6.07, 6.45) is -8.50. The Morgan fingerprint density at radius 3 is 2.22 bits per heavy atom. The molecule has 3 aromatic heterocycles. The number of nitrogens with zero attached hydrogens (tertiary/aromatic N) is 6. The Bertz CT molecular complexity index is 1720. The number of benzene rings is 1. The Balaban J connectivity index is 1.73. The molecule has 15 heteroatoms. The molecule has 0 bridgehead atoms. The van der Waals surface area contributed by atoms with Gasteiger partial charge in [0, 0.05) is 32.4 Å². The fourth-order valence-electron chi connectivity index (χ4n) is 3.91. The highest BCUT2D eigenvalue weighted by Crippen LogP contribution is 2.48. The summed E-state index contributed by atoms with van der Waals surface area (Å²) in [6.45, 7) is 1.45. The van der Waals surface area contributed by atoms with Gasteiger partial charge in [0.1, 0.15) is 17.5 Å². The molecule has 192 valence electrons. The Hall–Kier alpha value is -4.19. The lowest BCUT2D eigenvalue weighted by Gasteiger charge is -2.31. The summed E-state index contributed by atoms with van der Waals surface area (Å²) in [4.78, 5) is 13.0. The van der Waals surface area contributed by atoms with Crippen LogP contribution in [-0.4, -0.2) is 50.5 Å². The molecule has 0 radical (unpaired) electrons. The number of alkyl halides is 4. The fraction of sp³-hybridized carbons (Fsp3) is 0.273. The second-order valence-electron chi connectivity index (χ2n) is 8.12. The predicted molar refractivity (Wildman–Crippen MR) is 120 cm³/mol. The summed E-state index contributed by atoms with van der Waals surface area (Å²) in [5, 5.41) is 8.83. The van der Waals surface area contributed by atoms with Crippen LogP contribution in [0, 0.1) is 11.3 Å². The molecular weight excluding hydrogens is 520 g/mol. The lowest BCUT2D eigenvalue weighted by molar-refractivity contribution is -0.391. The monoisotopic (exact) mass is 536 g/mol. The van der Waals surface area contributed by atoms with Crippen LogP contribution >= 0.6 is 0 Å². The highest BCUT2D eigenvalue weighted by Gasteiger charge is 2.66. The maximum atomic E-state index is 13.7. The Labute approximate surface area is 206 Å². The van der Waals surface area contributed by atoms with Gasteiger partial charge in [-0.15, -0.1) is 0 Å². The maximum absolute atomic E-state index is 13.7. The number of sulfone groups is 1. The van der Waals surface area contributed by atoms with Gasteiger partial charge in [-0.2, -0.15) is 22.8 Å². The van der Waals surface area contributed by atoms with Crippen molar-refractivity contribution in [2.75, 3.05) is 5.75 Å². The topological polar surface area (TPSA) is 125 Å². The van der Waals surface area contributed by atoms with Gasteiger partial charge in [0.2, 0.25) is 0 Å². The number of aromatic nitrogens is 5. The first kappa shape index (κ1) is 24.5. The number of hydrogen-bond acceptors (Lipinski definition) is 8. The minimum absolute atomic E-state index is 0.0124. The molecule has 37 heavy (non-hydrogen) atoms. The molecule has 4 aromatic rings. The zero-order valence-corrected chi connectivity index (χ0v) is 20.1. The van der Waals surface area contributed by atoms with Gasteiger partial charge in [0.25, 0.3) is 0 Å². The minimum atomic E-state index is -4.91. The third kappa shape index (κ3) is 3.67. The van der Waals surface area contributed by atoms with E-state index in [0.717, 1.165) is 12.1 Å². The number of hydrogen-bond donors (Lipinski definition) is 0. The largest absolute Gasteiger partial charge is 0.507 e. The maximum Gasteiger partial charge on any atom is 0.507 e. The smallest absolute Gasteiger partial charge is 0.421 e. The van der Waals surface area contributed by atoms with Crippen LogP contribution in [-0.2, 0) is 23.9 Å². The number of nitriles is 1. The third-order valence-electron chi connectivity index (χ3n) is 5.81. The number of halogens is 4. The summed E-state index contributed by atoms with van der Waals surface area (Å²) in [5.74, 6) is -1.40. The molecule has 0 amide bonds. The van der Waals surface area contributed by atoms with Crippen LogP contribution in [0.4, 0.5) is 17.6 Å². The molecule has 0 saturated heterocycles.